The highest BCUT2D eigenvalue weighted by atomic mass is 17.1. The first-order chi connectivity index (χ1) is 5.08. The first kappa shape index (κ1) is 8.49. The molecule has 0 unspecified atom stereocenters. The lowest BCUT2D eigenvalue weighted by molar-refractivity contribution is -0.241. The number of hydrogen-bond acceptors (Lipinski definition) is 4. The summed E-state index contributed by atoms with van der Waals surface area (Å²) >= 11 is 0. The standard InChI is InChI=1S/C7H12O4/c1-7(2)4-10-3-5(7)6(8)11-9/h5,9H,3-4H2,1-2H3/t5-/m0/s1. The molecule has 0 amide bonds. The van der Waals surface area contributed by atoms with Gasteiger partial charge in [-0.3, -0.25) is 0 Å². The second-order valence-corrected chi connectivity index (χ2v) is 3.47. The van der Waals surface area contributed by atoms with Crippen molar-refractivity contribution in [1.82, 2.24) is 0 Å². The predicted octanol–water partition coefficient (Wildman–Crippen LogP) is 0.675. The molecule has 0 spiro atoms. The molecular weight excluding hydrogens is 148 g/mol. The molecule has 11 heavy (non-hydrogen) atoms. The van der Waals surface area contributed by atoms with Gasteiger partial charge in [-0.05, 0) is 0 Å². The minimum absolute atomic E-state index is 0.222. The van der Waals surface area contributed by atoms with Crippen LogP contribution >= 0.6 is 0 Å². The van der Waals surface area contributed by atoms with Crippen LogP contribution in [0.25, 0.3) is 0 Å². The Labute approximate surface area is 65.0 Å². The summed E-state index contributed by atoms with van der Waals surface area (Å²) in [4.78, 5) is 14.5. The van der Waals surface area contributed by atoms with E-state index in [0.29, 0.717) is 13.2 Å². The van der Waals surface area contributed by atoms with Crippen molar-refractivity contribution in [2.24, 2.45) is 11.3 Å². The molecule has 0 aromatic carbocycles. The average Bonchev–Trinajstić information content (AvgIpc) is 2.28. The average molecular weight is 160 g/mol. The minimum atomic E-state index is -0.604. The Morgan fingerprint density at radius 3 is 2.73 bits per heavy atom. The third-order valence-electron chi connectivity index (χ3n) is 2.08. The summed E-state index contributed by atoms with van der Waals surface area (Å²) in [6.07, 6.45) is 0. The van der Waals surface area contributed by atoms with Crippen LogP contribution in [-0.4, -0.2) is 24.4 Å². The van der Waals surface area contributed by atoms with Gasteiger partial charge < -0.3 is 9.62 Å². The minimum Gasteiger partial charge on any atom is -0.380 e. The Morgan fingerprint density at radius 1 is 1.73 bits per heavy atom. The van der Waals surface area contributed by atoms with Crippen LogP contribution in [0.3, 0.4) is 0 Å². The molecule has 4 nitrogen and oxygen atoms in total. The van der Waals surface area contributed by atoms with Crippen LogP contribution in [-0.2, 0) is 14.4 Å². The smallest absolute Gasteiger partial charge is 0.348 e. The maximum absolute atomic E-state index is 10.9. The number of hydrogen-bond donors (Lipinski definition) is 1. The van der Waals surface area contributed by atoms with Crippen LogP contribution in [0.5, 0.6) is 0 Å². The van der Waals surface area contributed by atoms with Crippen molar-refractivity contribution in [3.8, 4) is 0 Å². The van der Waals surface area contributed by atoms with Crippen LogP contribution in [0.1, 0.15) is 13.8 Å². The van der Waals surface area contributed by atoms with Crippen LogP contribution in [0, 0.1) is 11.3 Å². The maximum Gasteiger partial charge on any atom is 0.348 e. The lowest BCUT2D eigenvalue weighted by atomic mass is 9.82. The summed E-state index contributed by atoms with van der Waals surface area (Å²) < 4.78 is 5.08. The summed E-state index contributed by atoms with van der Waals surface area (Å²) in [7, 11) is 0. The molecule has 0 saturated carbocycles. The van der Waals surface area contributed by atoms with Gasteiger partial charge >= 0.3 is 5.97 Å². The first-order valence-electron chi connectivity index (χ1n) is 3.51. The van der Waals surface area contributed by atoms with Gasteiger partial charge in [-0.15, -0.1) is 0 Å². The molecule has 1 N–H and O–H groups in total. The van der Waals surface area contributed by atoms with Crippen LogP contribution in [0.15, 0.2) is 0 Å². The van der Waals surface area contributed by atoms with Gasteiger partial charge in [-0.1, -0.05) is 13.8 Å². The van der Waals surface area contributed by atoms with E-state index in [0.717, 1.165) is 0 Å². The van der Waals surface area contributed by atoms with Gasteiger partial charge in [-0.2, -0.15) is 5.26 Å². The highest BCUT2D eigenvalue weighted by molar-refractivity contribution is 5.73. The molecule has 1 fully saturated rings. The molecule has 0 bridgehead atoms. The van der Waals surface area contributed by atoms with Gasteiger partial charge in [0.15, 0.2) is 0 Å². The molecule has 1 aliphatic rings. The number of carbonyl (C=O) groups is 1. The molecule has 64 valence electrons. The SMILES string of the molecule is CC1(C)COC[C@H]1C(=O)OO. The van der Waals surface area contributed by atoms with Crippen LogP contribution < -0.4 is 0 Å². The summed E-state index contributed by atoms with van der Waals surface area (Å²) in [5.74, 6) is -0.944. The Kier molecular flexibility index (Phi) is 2.15. The van der Waals surface area contributed by atoms with Crippen molar-refractivity contribution in [3.05, 3.63) is 0 Å². The number of ether oxygens (including phenoxy) is 1. The van der Waals surface area contributed by atoms with Gasteiger partial charge in [-0.25, -0.2) is 4.79 Å². The Balaban J connectivity index is 2.64. The van der Waals surface area contributed by atoms with Crippen LogP contribution in [0.4, 0.5) is 0 Å². The summed E-state index contributed by atoms with van der Waals surface area (Å²) in [5, 5.41) is 8.12. The van der Waals surface area contributed by atoms with E-state index in [4.69, 9.17) is 9.99 Å². The van der Waals surface area contributed by atoms with E-state index in [1.54, 1.807) is 0 Å². The molecule has 4 heteroatoms. The second kappa shape index (κ2) is 2.79. The van der Waals surface area contributed by atoms with E-state index < -0.39 is 5.97 Å². The molecule has 0 radical (unpaired) electrons. The van der Waals surface area contributed by atoms with Gasteiger partial charge in [0.1, 0.15) is 0 Å². The van der Waals surface area contributed by atoms with E-state index in [9.17, 15) is 4.79 Å². The lowest BCUT2D eigenvalue weighted by Gasteiger charge is -2.20. The summed E-state index contributed by atoms with van der Waals surface area (Å²) in [5.41, 5.74) is -0.222. The fourth-order valence-corrected chi connectivity index (χ4v) is 1.22. The molecule has 1 rings (SSSR count). The topological polar surface area (TPSA) is 55.8 Å². The largest absolute Gasteiger partial charge is 0.380 e. The van der Waals surface area contributed by atoms with E-state index >= 15 is 0 Å². The van der Waals surface area contributed by atoms with E-state index in [1.807, 2.05) is 13.8 Å². The maximum atomic E-state index is 10.9. The van der Waals surface area contributed by atoms with Gasteiger partial charge in [0, 0.05) is 5.41 Å². The molecule has 1 atom stereocenters. The van der Waals surface area contributed by atoms with Crippen molar-refractivity contribution in [2.75, 3.05) is 13.2 Å². The van der Waals surface area contributed by atoms with Crippen molar-refractivity contribution < 1.29 is 19.7 Å². The summed E-state index contributed by atoms with van der Waals surface area (Å²) in [6.45, 7) is 4.68. The zero-order valence-corrected chi connectivity index (χ0v) is 6.66. The predicted molar refractivity (Wildman–Crippen MR) is 36.8 cm³/mol. The number of carbonyl (C=O) groups excluding carboxylic acids is 1. The van der Waals surface area contributed by atoms with E-state index in [2.05, 4.69) is 4.89 Å². The number of rotatable bonds is 1. The van der Waals surface area contributed by atoms with E-state index in [1.165, 1.54) is 0 Å². The van der Waals surface area contributed by atoms with Crippen molar-refractivity contribution in [2.45, 2.75) is 13.8 Å². The molecular formula is C7H12O4. The van der Waals surface area contributed by atoms with Crippen molar-refractivity contribution in [3.63, 3.8) is 0 Å². The Hall–Kier alpha value is -0.610. The van der Waals surface area contributed by atoms with Crippen molar-refractivity contribution in [1.29, 1.82) is 0 Å². The third kappa shape index (κ3) is 1.52. The molecule has 1 aliphatic heterocycles. The second-order valence-electron chi connectivity index (χ2n) is 3.47. The van der Waals surface area contributed by atoms with E-state index in [-0.39, 0.29) is 11.3 Å². The fourth-order valence-electron chi connectivity index (χ4n) is 1.22. The van der Waals surface area contributed by atoms with Crippen LogP contribution in [0.2, 0.25) is 0 Å². The Morgan fingerprint density at radius 2 is 2.36 bits per heavy atom. The zero-order valence-electron chi connectivity index (χ0n) is 6.66. The zero-order chi connectivity index (χ0) is 8.48. The third-order valence-corrected chi connectivity index (χ3v) is 2.08. The molecule has 0 aromatic heterocycles. The molecule has 1 heterocycles. The summed E-state index contributed by atoms with van der Waals surface area (Å²) in [6, 6.07) is 0. The quantitative estimate of drug-likeness (QED) is 0.452. The fraction of sp³-hybridized carbons (Fsp3) is 0.857. The first-order valence-corrected chi connectivity index (χ1v) is 3.51. The molecule has 1 saturated heterocycles. The van der Waals surface area contributed by atoms with Gasteiger partial charge in [0.2, 0.25) is 0 Å². The Bertz CT molecular complexity index is 164. The van der Waals surface area contributed by atoms with Gasteiger partial charge in [0.05, 0.1) is 19.1 Å². The van der Waals surface area contributed by atoms with Crippen molar-refractivity contribution >= 4 is 5.97 Å². The molecule has 0 aliphatic carbocycles. The normalized spacial score (nSPS) is 28.5. The van der Waals surface area contributed by atoms with Gasteiger partial charge in [0.25, 0.3) is 0 Å². The monoisotopic (exact) mass is 160 g/mol. The lowest BCUT2D eigenvalue weighted by Crippen LogP contribution is -2.30. The highest BCUT2D eigenvalue weighted by Gasteiger charge is 2.42. The highest BCUT2D eigenvalue weighted by Crippen LogP contribution is 2.33. The molecule has 0 aromatic rings.